The summed E-state index contributed by atoms with van der Waals surface area (Å²) >= 11 is 0. The van der Waals surface area contributed by atoms with Crippen molar-refractivity contribution in [1.29, 1.82) is 0 Å². The van der Waals surface area contributed by atoms with Gasteiger partial charge in [-0.1, -0.05) is 6.07 Å². The average molecular weight is 387 g/mol. The van der Waals surface area contributed by atoms with Crippen LogP contribution in [0.4, 0.5) is 13.2 Å². The van der Waals surface area contributed by atoms with Gasteiger partial charge >= 0.3 is 6.18 Å². The van der Waals surface area contributed by atoms with E-state index >= 15 is 0 Å². The number of nitrogens with zero attached hydrogens (tertiary/aromatic N) is 4. The van der Waals surface area contributed by atoms with Crippen molar-refractivity contribution in [3.05, 3.63) is 48.2 Å². The molecule has 0 aliphatic carbocycles. The molecule has 1 aromatic carbocycles. The summed E-state index contributed by atoms with van der Waals surface area (Å²) in [6.07, 6.45) is -2.85. The van der Waals surface area contributed by atoms with E-state index < -0.39 is 11.7 Å². The molecule has 0 spiro atoms. The van der Waals surface area contributed by atoms with Crippen LogP contribution < -0.4 is 4.74 Å². The van der Waals surface area contributed by atoms with Gasteiger partial charge < -0.3 is 9.64 Å². The van der Waals surface area contributed by atoms with Crippen LogP contribution in [0.3, 0.4) is 0 Å². The first-order valence-corrected chi connectivity index (χ1v) is 7.65. The number of fused-ring (bicyclic) bond motifs is 1. The Balaban J connectivity index is 0.00000243. The first kappa shape index (κ1) is 20.0. The summed E-state index contributed by atoms with van der Waals surface area (Å²) in [6.45, 7) is 1.11. The fourth-order valence-electron chi connectivity index (χ4n) is 2.35. The molecule has 2 aromatic heterocycles. The number of benzene rings is 1. The number of hydrogen-bond acceptors (Lipinski definition) is 4. The summed E-state index contributed by atoms with van der Waals surface area (Å²) in [5.41, 5.74) is -0.0117. The Hall–Kier alpha value is -2.32. The lowest BCUT2D eigenvalue weighted by Crippen LogP contribution is -2.19. The van der Waals surface area contributed by atoms with Crippen LogP contribution in [0.1, 0.15) is 5.56 Å². The van der Waals surface area contributed by atoms with Gasteiger partial charge in [0.15, 0.2) is 5.65 Å². The van der Waals surface area contributed by atoms with Gasteiger partial charge in [0.05, 0.1) is 16.6 Å². The SMILES string of the molecule is CN(C)CCOc1nn(-c2cccc(C(F)(F)F)c2)c2ncccc12.Cl. The fraction of sp³-hybridized carbons (Fsp3) is 0.294. The maximum atomic E-state index is 13.0. The van der Waals surface area contributed by atoms with Gasteiger partial charge in [-0.05, 0) is 44.4 Å². The number of alkyl halides is 3. The van der Waals surface area contributed by atoms with Crippen molar-refractivity contribution in [3.63, 3.8) is 0 Å². The Morgan fingerprint density at radius 2 is 1.92 bits per heavy atom. The molecule has 0 aliphatic rings. The van der Waals surface area contributed by atoms with E-state index in [-0.39, 0.29) is 18.1 Å². The topological polar surface area (TPSA) is 43.2 Å². The fourth-order valence-corrected chi connectivity index (χ4v) is 2.35. The smallest absolute Gasteiger partial charge is 0.416 e. The molecule has 0 saturated carbocycles. The largest absolute Gasteiger partial charge is 0.475 e. The highest BCUT2D eigenvalue weighted by atomic mass is 35.5. The minimum atomic E-state index is -4.42. The highest BCUT2D eigenvalue weighted by Gasteiger charge is 2.30. The van der Waals surface area contributed by atoms with Crippen LogP contribution in [0.25, 0.3) is 16.7 Å². The van der Waals surface area contributed by atoms with Crippen molar-refractivity contribution in [1.82, 2.24) is 19.7 Å². The zero-order valence-corrected chi connectivity index (χ0v) is 15.0. The lowest BCUT2D eigenvalue weighted by atomic mass is 10.2. The van der Waals surface area contributed by atoms with Crippen molar-refractivity contribution in [2.24, 2.45) is 0 Å². The van der Waals surface area contributed by atoms with Crippen LogP contribution in [0.2, 0.25) is 0 Å². The number of halogens is 4. The van der Waals surface area contributed by atoms with Crippen LogP contribution in [0.15, 0.2) is 42.6 Å². The van der Waals surface area contributed by atoms with Crippen molar-refractivity contribution in [3.8, 4) is 11.6 Å². The summed E-state index contributed by atoms with van der Waals surface area (Å²) in [5, 5.41) is 4.98. The minimum Gasteiger partial charge on any atom is -0.475 e. The van der Waals surface area contributed by atoms with E-state index in [4.69, 9.17) is 4.74 Å². The van der Waals surface area contributed by atoms with E-state index in [1.807, 2.05) is 19.0 Å². The highest BCUT2D eigenvalue weighted by molar-refractivity contribution is 5.85. The van der Waals surface area contributed by atoms with Crippen molar-refractivity contribution in [2.45, 2.75) is 6.18 Å². The van der Waals surface area contributed by atoms with Gasteiger partial charge in [0.1, 0.15) is 6.61 Å². The molecule has 0 atom stereocenters. The summed E-state index contributed by atoms with van der Waals surface area (Å²) in [6, 6.07) is 8.49. The molecule has 0 saturated heterocycles. The number of pyridine rings is 1. The monoisotopic (exact) mass is 386 g/mol. The van der Waals surface area contributed by atoms with E-state index in [0.29, 0.717) is 30.1 Å². The van der Waals surface area contributed by atoms with Gasteiger partial charge in [-0.15, -0.1) is 17.5 Å². The molecule has 3 aromatic rings. The van der Waals surface area contributed by atoms with Crippen LogP contribution in [-0.2, 0) is 6.18 Å². The van der Waals surface area contributed by atoms with Gasteiger partial charge in [0.25, 0.3) is 0 Å². The standard InChI is InChI=1S/C17H17F3N4O.ClH/c1-23(2)9-10-25-16-14-7-4-8-21-15(14)24(22-16)13-6-3-5-12(11-13)17(18,19)20;/h3-8,11H,9-10H2,1-2H3;1H. The normalized spacial score (nSPS) is 11.6. The molecule has 0 aliphatic heterocycles. The van der Waals surface area contributed by atoms with Crippen LogP contribution in [0, 0.1) is 0 Å². The van der Waals surface area contributed by atoms with Crippen LogP contribution in [-0.4, -0.2) is 46.9 Å². The Labute approximate surface area is 154 Å². The molecule has 0 unspecified atom stereocenters. The van der Waals surface area contributed by atoms with E-state index in [9.17, 15) is 13.2 Å². The van der Waals surface area contributed by atoms with Crippen molar-refractivity contribution in [2.75, 3.05) is 27.2 Å². The van der Waals surface area contributed by atoms with Crippen molar-refractivity contribution < 1.29 is 17.9 Å². The molecule has 26 heavy (non-hydrogen) atoms. The third-order valence-corrected chi connectivity index (χ3v) is 3.60. The maximum absolute atomic E-state index is 13.0. The lowest BCUT2D eigenvalue weighted by Gasteiger charge is -2.09. The second kappa shape index (κ2) is 7.92. The summed E-state index contributed by atoms with van der Waals surface area (Å²) in [4.78, 5) is 6.20. The molecule has 0 amide bonds. The Bertz CT molecular complexity index is 880. The first-order valence-electron chi connectivity index (χ1n) is 7.65. The second-order valence-corrected chi connectivity index (χ2v) is 5.79. The van der Waals surface area contributed by atoms with Crippen LogP contribution in [0.5, 0.6) is 5.88 Å². The van der Waals surface area contributed by atoms with Crippen molar-refractivity contribution >= 4 is 23.4 Å². The molecule has 5 nitrogen and oxygen atoms in total. The average Bonchev–Trinajstić information content (AvgIpc) is 2.93. The molecule has 2 heterocycles. The van der Waals surface area contributed by atoms with E-state index in [2.05, 4.69) is 10.1 Å². The van der Waals surface area contributed by atoms with E-state index in [1.165, 1.54) is 10.7 Å². The van der Waals surface area contributed by atoms with Gasteiger partial charge in [-0.3, -0.25) is 0 Å². The predicted octanol–water partition coefficient (Wildman–Crippen LogP) is 3.80. The zero-order chi connectivity index (χ0) is 18.0. The quantitative estimate of drug-likeness (QED) is 0.669. The molecule has 3 rings (SSSR count). The third-order valence-electron chi connectivity index (χ3n) is 3.60. The lowest BCUT2D eigenvalue weighted by molar-refractivity contribution is -0.137. The summed E-state index contributed by atoms with van der Waals surface area (Å²) in [5.74, 6) is 0.349. The maximum Gasteiger partial charge on any atom is 0.416 e. The molecule has 9 heteroatoms. The Kier molecular flexibility index (Phi) is 6.09. The third kappa shape index (κ3) is 4.25. The first-order chi connectivity index (χ1) is 11.9. The number of rotatable bonds is 5. The van der Waals surface area contributed by atoms with E-state index in [1.54, 1.807) is 24.4 Å². The molecule has 0 fully saturated rings. The van der Waals surface area contributed by atoms with Gasteiger partial charge in [-0.2, -0.15) is 13.2 Å². The molecule has 0 radical (unpaired) electrons. The Morgan fingerprint density at radius 3 is 2.62 bits per heavy atom. The summed E-state index contributed by atoms with van der Waals surface area (Å²) in [7, 11) is 3.84. The molecular formula is C17H18ClF3N4O. The van der Waals surface area contributed by atoms with Gasteiger partial charge in [-0.25, -0.2) is 9.67 Å². The van der Waals surface area contributed by atoms with Gasteiger partial charge in [0, 0.05) is 12.7 Å². The Morgan fingerprint density at radius 1 is 1.15 bits per heavy atom. The number of hydrogen-bond donors (Lipinski definition) is 0. The molecular weight excluding hydrogens is 369 g/mol. The van der Waals surface area contributed by atoms with E-state index in [0.717, 1.165) is 12.1 Å². The number of ether oxygens (including phenoxy) is 1. The minimum absolute atomic E-state index is 0. The number of likely N-dealkylation sites (N-methyl/N-ethyl adjacent to an activating group) is 1. The zero-order valence-electron chi connectivity index (χ0n) is 14.2. The van der Waals surface area contributed by atoms with Gasteiger partial charge in [0.2, 0.25) is 5.88 Å². The predicted molar refractivity (Wildman–Crippen MR) is 95.2 cm³/mol. The molecule has 140 valence electrons. The second-order valence-electron chi connectivity index (χ2n) is 5.79. The molecule has 0 N–H and O–H groups in total. The molecule has 0 bridgehead atoms. The highest BCUT2D eigenvalue weighted by Crippen LogP contribution is 2.32. The number of aromatic nitrogens is 3. The van der Waals surface area contributed by atoms with Crippen LogP contribution >= 0.6 is 12.4 Å². The summed E-state index contributed by atoms with van der Waals surface area (Å²) < 4.78 is 46.0.